The van der Waals surface area contributed by atoms with Gasteiger partial charge in [-0.3, -0.25) is 4.79 Å². The van der Waals surface area contributed by atoms with Crippen LogP contribution in [0.4, 0.5) is 5.69 Å². The number of para-hydroxylation sites is 1. The van der Waals surface area contributed by atoms with Crippen molar-refractivity contribution in [2.45, 2.75) is 25.4 Å². The second-order valence-corrected chi connectivity index (χ2v) is 8.60. The summed E-state index contributed by atoms with van der Waals surface area (Å²) in [5.41, 5.74) is 2.46. The van der Waals surface area contributed by atoms with Crippen LogP contribution in [0.15, 0.2) is 65.6 Å². The Balaban J connectivity index is 1.48. The molecule has 0 aliphatic carbocycles. The fourth-order valence-corrected chi connectivity index (χ4v) is 5.24. The summed E-state index contributed by atoms with van der Waals surface area (Å²) in [6, 6.07) is 18.1. The van der Waals surface area contributed by atoms with E-state index < -0.39 is 0 Å². The van der Waals surface area contributed by atoms with Crippen molar-refractivity contribution in [2.24, 2.45) is 0 Å². The number of aromatic nitrogens is 3. The lowest BCUT2D eigenvalue weighted by Crippen LogP contribution is -2.29. The van der Waals surface area contributed by atoms with Crippen molar-refractivity contribution in [2.75, 3.05) is 11.4 Å². The molecule has 0 bridgehead atoms. The summed E-state index contributed by atoms with van der Waals surface area (Å²) in [6.45, 7) is 1.24. The van der Waals surface area contributed by atoms with Gasteiger partial charge in [-0.2, -0.15) is 5.10 Å². The molecule has 146 valence electrons. The molecule has 1 aliphatic heterocycles. The minimum absolute atomic E-state index is 0.121. The van der Waals surface area contributed by atoms with E-state index in [4.69, 9.17) is 16.6 Å². The Morgan fingerprint density at radius 1 is 1.10 bits per heavy atom. The van der Waals surface area contributed by atoms with Gasteiger partial charge in [-0.05, 0) is 30.5 Å². The Morgan fingerprint density at radius 2 is 1.90 bits per heavy atom. The Kier molecular flexibility index (Phi) is 4.81. The Morgan fingerprint density at radius 3 is 2.72 bits per heavy atom. The standard InChI is InChI=1S/C22H19ClN4OS/c23-20-18(13-24-27(22(20)28)14-15-7-2-1-3-8-15)26-12-6-10-17(26)21-25-16-9-4-5-11-19(16)29-21/h1-5,7-9,11,13,17H,6,10,12,14H2. The first kappa shape index (κ1) is 18.3. The van der Waals surface area contributed by atoms with E-state index in [0.29, 0.717) is 12.2 Å². The van der Waals surface area contributed by atoms with Gasteiger partial charge in [0.2, 0.25) is 0 Å². The predicted molar refractivity (Wildman–Crippen MR) is 118 cm³/mol. The zero-order valence-corrected chi connectivity index (χ0v) is 17.2. The van der Waals surface area contributed by atoms with Crippen LogP contribution in [0.2, 0.25) is 5.02 Å². The highest BCUT2D eigenvalue weighted by molar-refractivity contribution is 7.18. The number of fused-ring (bicyclic) bond motifs is 1. The summed E-state index contributed by atoms with van der Waals surface area (Å²) >= 11 is 8.25. The predicted octanol–water partition coefficient (Wildman–Crippen LogP) is 4.90. The topological polar surface area (TPSA) is 51.0 Å². The maximum absolute atomic E-state index is 12.9. The molecule has 1 unspecified atom stereocenters. The Hall–Kier alpha value is -2.70. The fourth-order valence-electron chi connectivity index (χ4n) is 3.87. The van der Waals surface area contributed by atoms with Crippen LogP contribution in [-0.2, 0) is 6.54 Å². The number of benzene rings is 2. The molecular weight excluding hydrogens is 404 g/mol. The zero-order valence-electron chi connectivity index (χ0n) is 15.7. The number of hydrogen-bond acceptors (Lipinski definition) is 5. The number of thiazole rings is 1. The van der Waals surface area contributed by atoms with Gasteiger partial charge in [-0.25, -0.2) is 9.67 Å². The third-order valence-electron chi connectivity index (χ3n) is 5.30. The van der Waals surface area contributed by atoms with Gasteiger partial charge >= 0.3 is 0 Å². The second kappa shape index (κ2) is 7.61. The molecule has 0 amide bonds. The first-order chi connectivity index (χ1) is 14.2. The summed E-state index contributed by atoms with van der Waals surface area (Å²) in [5.74, 6) is 0. The van der Waals surface area contributed by atoms with Crippen molar-refractivity contribution in [3.05, 3.63) is 86.7 Å². The first-order valence-electron chi connectivity index (χ1n) is 9.62. The van der Waals surface area contributed by atoms with Gasteiger partial charge in [0.15, 0.2) is 0 Å². The van der Waals surface area contributed by atoms with Gasteiger partial charge < -0.3 is 4.90 Å². The van der Waals surface area contributed by atoms with Crippen molar-refractivity contribution in [3.63, 3.8) is 0 Å². The molecule has 0 N–H and O–H groups in total. The zero-order chi connectivity index (χ0) is 19.8. The molecule has 29 heavy (non-hydrogen) atoms. The average Bonchev–Trinajstić information content (AvgIpc) is 3.39. The molecule has 0 spiro atoms. The van der Waals surface area contributed by atoms with Crippen LogP contribution in [0.1, 0.15) is 29.5 Å². The second-order valence-electron chi connectivity index (χ2n) is 7.16. The summed E-state index contributed by atoms with van der Waals surface area (Å²) in [7, 11) is 0. The lowest BCUT2D eigenvalue weighted by molar-refractivity contribution is 0.632. The SMILES string of the molecule is O=c1c(Cl)c(N2CCCC2c2nc3ccccc3s2)cnn1Cc1ccccc1. The van der Waals surface area contributed by atoms with Crippen LogP contribution in [0.25, 0.3) is 10.2 Å². The van der Waals surface area contributed by atoms with Gasteiger partial charge in [-0.1, -0.05) is 54.1 Å². The number of anilines is 1. The van der Waals surface area contributed by atoms with Crippen molar-refractivity contribution in [1.82, 2.24) is 14.8 Å². The summed E-state index contributed by atoms with van der Waals surface area (Å²) in [6.07, 6.45) is 3.74. The van der Waals surface area contributed by atoms with E-state index in [2.05, 4.69) is 16.1 Å². The molecule has 0 radical (unpaired) electrons. The van der Waals surface area contributed by atoms with Gasteiger partial charge in [0.05, 0.1) is 34.7 Å². The quantitative estimate of drug-likeness (QED) is 0.469. The van der Waals surface area contributed by atoms with Crippen LogP contribution >= 0.6 is 22.9 Å². The maximum atomic E-state index is 12.9. The van der Waals surface area contributed by atoms with E-state index >= 15 is 0 Å². The molecule has 1 saturated heterocycles. The monoisotopic (exact) mass is 422 g/mol. The van der Waals surface area contributed by atoms with Crippen LogP contribution in [-0.4, -0.2) is 21.3 Å². The molecule has 5 nitrogen and oxygen atoms in total. The number of halogens is 1. The van der Waals surface area contributed by atoms with Crippen molar-refractivity contribution >= 4 is 38.8 Å². The van der Waals surface area contributed by atoms with Crippen LogP contribution < -0.4 is 10.5 Å². The fraction of sp³-hybridized carbons (Fsp3) is 0.227. The molecule has 0 saturated carbocycles. The van der Waals surface area contributed by atoms with Crippen LogP contribution in [0.5, 0.6) is 0 Å². The number of nitrogens with zero attached hydrogens (tertiary/aromatic N) is 4. The van der Waals surface area contributed by atoms with Gasteiger partial charge in [0.25, 0.3) is 5.56 Å². The lowest BCUT2D eigenvalue weighted by atomic mass is 10.2. The van der Waals surface area contributed by atoms with Crippen molar-refractivity contribution in [1.29, 1.82) is 0 Å². The lowest BCUT2D eigenvalue weighted by Gasteiger charge is -2.25. The number of hydrogen-bond donors (Lipinski definition) is 0. The normalized spacial score (nSPS) is 16.6. The van der Waals surface area contributed by atoms with Crippen LogP contribution in [0, 0.1) is 0 Å². The van der Waals surface area contributed by atoms with Crippen LogP contribution in [0.3, 0.4) is 0 Å². The summed E-state index contributed by atoms with van der Waals surface area (Å²) in [4.78, 5) is 19.9. The van der Waals surface area contributed by atoms with E-state index in [-0.39, 0.29) is 16.6 Å². The van der Waals surface area contributed by atoms with Gasteiger partial charge in [0.1, 0.15) is 10.0 Å². The number of rotatable bonds is 4. The minimum Gasteiger partial charge on any atom is -0.359 e. The van der Waals surface area contributed by atoms with E-state index in [1.165, 1.54) is 9.38 Å². The van der Waals surface area contributed by atoms with Crippen molar-refractivity contribution < 1.29 is 0 Å². The smallest absolute Gasteiger partial charge is 0.287 e. The molecule has 1 aliphatic rings. The molecule has 2 aromatic heterocycles. The van der Waals surface area contributed by atoms with Gasteiger partial charge in [-0.15, -0.1) is 11.3 Å². The van der Waals surface area contributed by atoms with Gasteiger partial charge in [0, 0.05) is 6.54 Å². The molecule has 4 aromatic rings. The van der Waals surface area contributed by atoms with E-state index in [1.54, 1.807) is 17.5 Å². The molecule has 1 fully saturated rings. The summed E-state index contributed by atoms with van der Waals surface area (Å²) < 4.78 is 2.60. The third-order valence-corrected chi connectivity index (χ3v) is 6.79. The first-order valence-corrected chi connectivity index (χ1v) is 10.8. The minimum atomic E-state index is -0.261. The highest BCUT2D eigenvalue weighted by atomic mass is 35.5. The molecule has 2 aromatic carbocycles. The molecule has 7 heteroatoms. The highest BCUT2D eigenvalue weighted by Gasteiger charge is 2.31. The Bertz CT molecular complexity index is 1190. The summed E-state index contributed by atoms with van der Waals surface area (Å²) in [5, 5.41) is 5.70. The largest absolute Gasteiger partial charge is 0.359 e. The van der Waals surface area contributed by atoms with Crippen molar-refractivity contribution in [3.8, 4) is 0 Å². The van der Waals surface area contributed by atoms with E-state index in [0.717, 1.165) is 35.5 Å². The van der Waals surface area contributed by atoms with E-state index in [9.17, 15) is 4.79 Å². The maximum Gasteiger partial charge on any atom is 0.287 e. The molecule has 5 rings (SSSR count). The molecule has 3 heterocycles. The highest BCUT2D eigenvalue weighted by Crippen LogP contribution is 2.40. The molecular formula is C22H19ClN4OS. The molecule has 1 atom stereocenters. The van der Waals surface area contributed by atoms with E-state index in [1.807, 2.05) is 48.5 Å². The third kappa shape index (κ3) is 3.43. The average molecular weight is 423 g/mol. The Labute approximate surface area is 177 Å².